The summed E-state index contributed by atoms with van der Waals surface area (Å²) < 4.78 is 18.5. The summed E-state index contributed by atoms with van der Waals surface area (Å²) >= 11 is 5.87. The first-order chi connectivity index (χ1) is 15.6. The van der Waals surface area contributed by atoms with Crippen molar-refractivity contribution in [3.63, 3.8) is 0 Å². The van der Waals surface area contributed by atoms with Gasteiger partial charge in [-0.3, -0.25) is 4.98 Å². The van der Waals surface area contributed by atoms with Crippen LogP contribution < -0.4 is 15.4 Å². The van der Waals surface area contributed by atoms with Gasteiger partial charge in [-0.2, -0.15) is 4.98 Å². The lowest BCUT2D eigenvalue weighted by Gasteiger charge is -2.13. The molecule has 1 aromatic carbocycles. The molecule has 0 unspecified atom stereocenters. The van der Waals surface area contributed by atoms with Crippen LogP contribution in [0.4, 0.5) is 21.8 Å². The second-order valence-corrected chi connectivity index (χ2v) is 7.11. The topological polar surface area (TPSA) is 97.7 Å². The summed E-state index contributed by atoms with van der Waals surface area (Å²) in [4.78, 5) is 21.3. The summed E-state index contributed by atoms with van der Waals surface area (Å²) in [6.45, 7) is 0.632. The second-order valence-electron chi connectivity index (χ2n) is 6.70. The number of methoxy groups -OCH3 is 1. The molecule has 0 saturated heterocycles. The number of aromatic nitrogens is 5. The van der Waals surface area contributed by atoms with Crippen molar-refractivity contribution in [2.75, 3.05) is 24.3 Å². The molecule has 2 N–H and O–H groups in total. The summed E-state index contributed by atoms with van der Waals surface area (Å²) in [5, 5.41) is 6.41. The molecule has 0 aliphatic carbocycles. The number of benzene rings is 1. The summed E-state index contributed by atoms with van der Waals surface area (Å²) in [7, 11) is 1.51. The molecule has 4 rings (SSSR count). The molecule has 8 nitrogen and oxygen atoms in total. The average molecular weight is 452 g/mol. The number of halogens is 2. The monoisotopic (exact) mass is 451 g/mol. The molecule has 0 bridgehead atoms. The van der Waals surface area contributed by atoms with Crippen LogP contribution in [-0.4, -0.2) is 38.6 Å². The van der Waals surface area contributed by atoms with Gasteiger partial charge in [0.25, 0.3) is 0 Å². The van der Waals surface area contributed by atoms with Crippen molar-refractivity contribution in [2.24, 2.45) is 0 Å². The van der Waals surface area contributed by atoms with Gasteiger partial charge in [-0.15, -0.1) is 0 Å². The van der Waals surface area contributed by atoms with Crippen LogP contribution in [0, 0.1) is 5.82 Å². The van der Waals surface area contributed by atoms with E-state index in [4.69, 9.17) is 16.3 Å². The maximum Gasteiger partial charge on any atom is 0.316 e. The smallest absolute Gasteiger partial charge is 0.316 e. The minimum atomic E-state index is -0.494. The highest BCUT2D eigenvalue weighted by molar-refractivity contribution is 6.31. The highest BCUT2D eigenvalue weighted by Gasteiger charge is 2.12. The molecule has 0 aliphatic rings. The molecule has 0 fully saturated rings. The lowest BCUT2D eigenvalue weighted by Crippen LogP contribution is -2.10. The molecule has 32 heavy (non-hydrogen) atoms. The summed E-state index contributed by atoms with van der Waals surface area (Å²) in [6.07, 6.45) is 9.25. The van der Waals surface area contributed by atoms with E-state index in [0.717, 1.165) is 23.1 Å². The van der Waals surface area contributed by atoms with E-state index in [1.165, 1.54) is 19.2 Å². The van der Waals surface area contributed by atoms with Crippen molar-refractivity contribution >= 4 is 29.1 Å². The number of ether oxygens (including phenoxy) is 1. The zero-order chi connectivity index (χ0) is 22.3. The van der Waals surface area contributed by atoms with Gasteiger partial charge in [0.05, 0.1) is 12.1 Å². The van der Waals surface area contributed by atoms with Crippen molar-refractivity contribution in [3.05, 3.63) is 77.7 Å². The van der Waals surface area contributed by atoms with Crippen LogP contribution in [0.15, 0.2) is 61.3 Å². The molecule has 0 saturated carbocycles. The molecule has 0 spiro atoms. The Kier molecular flexibility index (Phi) is 6.66. The van der Waals surface area contributed by atoms with Crippen molar-refractivity contribution in [3.8, 4) is 17.1 Å². The van der Waals surface area contributed by atoms with E-state index in [-0.39, 0.29) is 11.0 Å². The third kappa shape index (κ3) is 5.25. The highest BCUT2D eigenvalue weighted by atomic mass is 35.5. The Balaban J connectivity index is 1.59. The van der Waals surface area contributed by atoms with Crippen LogP contribution in [0.25, 0.3) is 11.1 Å². The van der Waals surface area contributed by atoms with Gasteiger partial charge >= 0.3 is 6.01 Å². The average Bonchev–Trinajstić information content (AvgIpc) is 2.82. The Labute approximate surface area is 188 Å². The highest BCUT2D eigenvalue weighted by Crippen LogP contribution is 2.28. The van der Waals surface area contributed by atoms with E-state index in [1.807, 2.05) is 12.1 Å². The van der Waals surface area contributed by atoms with E-state index in [9.17, 15) is 4.39 Å². The van der Waals surface area contributed by atoms with Crippen LogP contribution in [0.3, 0.4) is 0 Å². The van der Waals surface area contributed by atoms with Crippen LogP contribution >= 0.6 is 11.6 Å². The number of hydrogen-bond acceptors (Lipinski definition) is 8. The van der Waals surface area contributed by atoms with Crippen LogP contribution in [-0.2, 0) is 6.42 Å². The van der Waals surface area contributed by atoms with Gasteiger partial charge in [0, 0.05) is 54.3 Å². The first kappa shape index (κ1) is 21.4. The Morgan fingerprint density at radius 3 is 2.53 bits per heavy atom. The standard InChI is InChI=1S/C22H19ClFN7O/c1-32-22-28-11-15(12-29-22)17-13-27-21(30-16-2-3-19(24)18(23)10-16)31-20(17)26-9-6-14-4-7-25-8-5-14/h2-5,7-8,10-13H,6,9H2,1H3,(H2,26,27,30,31). The van der Waals surface area contributed by atoms with Gasteiger partial charge in [-0.05, 0) is 42.3 Å². The number of anilines is 3. The SMILES string of the molecule is COc1ncc(-c2cnc(Nc3ccc(F)c(Cl)c3)nc2NCCc2ccncc2)cn1. The van der Waals surface area contributed by atoms with E-state index in [0.29, 0.717) is 24.0 Å². The van der Waals surface area contributed by atoms with Gasteiger partial charge in [-0.25, -0.2) is 19.3 Å². The molecule has 0 radical (unpaired) electrons. The van der Waals surface area contributed by atoms with Crippen LogP contribution in [0.1, 0.15) is 5.56 Å². The zero-order valence-electron chi connectivity index (χ0n) is 17.1. The minimum Gasteiger partial charge on any atom is -0.467 e. The Bertz CT molecular complexity index is 1190. The fraction of sp³-hybridized carbons (Fsp3) is 0.136. The number of nitrogens with zero attached hydrogens (tertiary/aromatic N) is 5. The van der Waals surface area contributed by atoms with E-state index in [2.05, 4.69) is 35.6 Å². The predicted octanol–water partition coefficient (Wildman–Crippen LogP) is 4.53. The van der Waals surface area contributed by atoms with Gasteiger partial charge in [0.2, 0.25) is 5.95 Å². The van der Waals surface area contributed by atoms with Crippen molar-refractivity contribution in [1.29, 1.82) is 0 Å². The quantitative estimate of drug-likeness (QED) is 0.403. The van der Waals surface area contributed by atoms with E-state index >= 15 is 0 Å². The largest absolute Gasteiger partial charge is 0.467 e. The molecule has 3 aromatic heterocycles. The summed E-state index contributed by atoms with van der Waals surface area (Å²) in [5.41, 5.74) is 3.17. The molecule has 162 valence electrons. The van der Waals surface area contributed by atoms with Crippen molar-refractivity contribution in [1.82, 2.24) is 24.9 Å². The number of hydrogen-bond donors (Lipinski definition) is 2. The predicted molar refractivity (Wildman–Crippen MR) is 121 cm³/mol. The number of nitrogens with one attached hydrogen (secondary N) is 2. The zero-order valence-corrected chi connectivity index (χ0v) is 17.8. The lowest BCUT2D eigenvalue weighted by atomic mass is 10.1. The number of rotatable bonds is 8. The first-order valence-corrected chi connectivity index (χ1v) is 10.1. The lowest BCUT2D eigenvalue weighted by molar-refractivity contribution is 0.380. The third-order valence-electron chi connectivity index (χ3n) is 4.54. The maximum atomic E-state index is 13.4. The Morgan fingerprint density at radius 1 is 1.03 bits per heavy atom. The Hall–Kier alpha value is -3.85. The van der Waals surface area contributed by atoms with Gasteiger partial charge in [-0.1, -0.05) is 11.6 Å². The molecule has 3 heterocycles. The molecule has 0 amide bonds. The fourth-order valence-electron chi connectivity index (χ4n) is 2.93. The number of pyridine rings is 1. The summed E-state index contributed by atoms with van der Waals surface area (Å²) in [5.74, 6) is 0.433. The van der Waals surface area contributed by atoms with E-state index < -0.39 is 5.82 Å². The van der Waals surface area contributed by atoms with Gasteiger partial charge < -0.3 is 15.4 Å². The second kappa shape index (κ2) is 9.97. The molecular formula is C22H19ClFN7O. The van der Waals surface area contributed by atoms with Gasteiger partial charge in [0.1, 0.15) is 11.6 Å². The third-order valence-corrected chi connectivity index (χ3v) is 4.83. The van der Waals surface area contributed by atoms with Gasteiger partial charge in [0.15, 0.2) is 0 Å². The maximum absolute atomic E-state index is 13.4. The molecule has 0 atom stereocenters. The molecule has 10 heteroatoms. The summed E-state index contributed by atoms with van der Waals surface area (Å²) in [6, 6.07) is 8.51. The van der Waals surface area contributed by atoms with E-state index in [1.54, 1.807) is 37.1 Å². The first-order valence-electron chi connectivity index (χ1n) is 9.70. The normalized spacial score (nSPS) is 10.6. The minimum absolute atomic E-state index is 0.0118. The molecule has 0 aliphatic heterocycles. The molecule has 4 aromatic rings. The fourth-order valence-corrected chi connectivity index (χ4v) is 3.11. The van der Waals surface area contributed by atoms with Crippen molar-refractivity contribution in [2.45, 2.75) is 6.42 Å². The molecular weight excluding hydrogens is 433 g/mol. The van der Waals surface area contributed by atoms with Crippen LogP contribution in [0.2, 0.25) is 5.02 Å². The van der Waals surface area contributed by atoms with Crippen LogP contribution in [0.5, 0.6) is 6.01 Å². The Morgan fingerprint density at radius 2 is 1.81 bits per heavy atom. The van der Waals surface area contributed by atoms with Crippen molar-refractivity contribution < 1.29 is 9.13 Å².